The van der Waals surface area contributed by atoms with Crippen molar-refractivity contribution in [3.63, 3.8) is 0 Å². The van der Waals surface area contributed by atoms with Crippen LogP contribution in [-0.2, 0) is 41.6 Å². The fraction of sp³-hybridized carbons (Fsp3) is 0.514. The topological polar surface area (TPSA) is 146 Å². The molecule has 10 nitrogen and oxygen atoms in total. The number of Topliss-reactive ketones (excluding diaryl/α,β-unsaturated/α-hetero) is 1. The zero-order valence-electron chi connectivity index (χ0n) is 27.0. The fourth-order valence-corrected chi connectivity index (χ4v) is 5.17. The number of nitrogens with one attached hydrogen (secondary N) is 4. The van der Waals surface area contributed by atoms with Crippen molar-refractivity contribution in [2.24, 2.45) is 11.8 Å². The summed E-state index contributed by atoms with van der Waals surface area (Å²) in [7, 11) is 0. The van der Waals surface area contributed by atoms with Crippen LogP contribution >= 0.6 is 0 Å². The molecule has 5 unspecified atom stereocenters. The van der Waals surface area contributed by atoms with Crippen molar-refractivity contribution in [2.45, 2.75) is 96.5 Å². The van der Waals surface area contributed by atoms with Crippen LogP contribution in [0.4, 0.5) is 0 Å². The SMILES string of the molecule is CCC(C)C(NC(=O)C(Cc1ccccc1)NC(=O)C(CC(C)C)NC(=O)[C@H](CCc1ccccc1)NC=O)C(=O)C1(C)CO1. The standard InChI is InChI=1S/C35H48N4O6/c1-6-24(4)30(31(41)35(5)21-45-35)39-34(44)29(20-26-15-11-8-12-16-26)38-33(43)28(19-23(2)3)37-32(42)27(36-22-40)18-17-25-13-9-7-10-14-25/h7-16,22-24,27-30H,6,17-21H2,1-5H3,(H,36,40)(H,37,42)(H,38,43)(H,39,44)/t24?,27-,28?,29?,30?,35?/m0/s1. The van der Waals surface area contributed by atoms with Gasteiger partial charge in [-0.15, -0.1) is 0 Å². The summed E-state index contributed by atoms with van der Waals surface area (Å²) < 4.78 is 5.38. The monoisotopic (exact) mass is 620 g/mol. The van der Waals surface area contributed by atoms with E-state index >= 15 is 0 Å². The molecule has 6 atom stereocenters. The summed E-state index contributed by atoms with van der Waals surface area (Å²) in [6.07, 6.45) is 2.54. The minimum atomic E-state index is -1.01. The van der Waals surface area contributed by atoms with Crippen molar-refractivity contribution in [1.82, 2.24) is 21.3 Å². The molecule has 1 fully saturated rings. The Balaban J connectivity index is 1.79. The molecular formula is C35H48N4O6. The number of carbonyl (C=O) groups is 5. The molecule has 1 aliphatic rings. The molecule has 4 N–H and O–H groups in total. The molecule has 2 aromatic rings. The van der Waals surface area contributed by atoms with Crippen LogP contribution < -0.4 is 21.3 Å². The molecule has 0 bridgehead atoms. The van der Waals surface area contributed by atoms with Gasteiger partial charge in [0, 0.05) is 6.42 Å². The zero-order chi connectivity index (χ0) is 33.0. The van der Waals surface area contributed by atoms with E-state index in [0.29, 0.717) is 38.7 Å². The molecule has 2 aromatic carbocycles. The number of hydrogen-bond donors (Lipinski definition) is 4. The van der Waals surface area contributed by atoms with Crippen molar-refractivity contribution in [3.8, 4) is 0 Å². The Bertz CT molecular complexity index is 1280. The first-order valence-corrected chi connectivity index (χ1v) is 15.8. The second-order valence-electron chi connectivity index (χ2n) is 12.6. The predicted molar refractivity (Wildman–Crippen MR) is 172 cm³/mol. The lowest BCUT2D eigenvalue weighted by Gasteiger charge is -2.29. The molecule has 1 aliphatic heterocycles. The molecule has 0 saturated carbocycles. The highest BCUT2D eigenvalue weighted by Crippen LogP contribution is 2.30. The van der Waals surface area contributed by atoms with Gasteiger partial charge in [-0.2, -0.15) is 0 Å². The van der Waals surface area contributed by atoms with E-state index in [0.717, 1.165) is 11.1 Å². The highest BCUT2D eigenvalue weighted by Gasteiger charge is 2.51. The second kappa shape index (κ2) is 16.9. The average molecular weight is 621 g/mol. The van der Waals surface area contributed by atoms with E-state index in [9.17, 15) is 24.0 Å². The number of amides is 4. The predicted octanol–water partition coefficient (Wildman–Crippen LogP) is 2.88. The summed E-state index contributed by atoms with van der Waals surface area (Å²) in [5, 5.41) is 11.2. The maximum absolute atomic E-state index is 13.8. The quantitative estimate of drug-likeness (QED) is 0.140. The number of rotatable bonds is 19. The number of aryl methyl sites for hydroxylation is 1. The van der Waals surface area contributed by atoms with Crippen LogP contribution in [-0.4, -0.2) is 66.3 Å². The van der Waals surface area contributed by atoms with Gasteiger partial charge in [-0.1, -0.05) is 94.8 Å². The van der Waals surface area contributed by atoms with Gasteiger partial charge in [0.2, 0.25) is 24.1 Å². The molecule has 10 heteroatoms. The number of carbonyl (C=O) groups excluding carboxylic acids is 5. The molecule has 0 aromatic heterocycles. The minimum absolute atomic E-state index is 0.0379. The van der Waals surface area contributed by atoms with Gasteiger partial charge in [0.1, 0.15) is 23.7 Å². The summed E-state index contributed by atoms with van der Waals surface area (Å²) in [5.41, 5.74) is 0.923. The van der Waals surface area contributed by atoms with Gasteiger partial charge in [-0.05, 0) is 49.1 Å². The van der Waals surface area contributed by atoms with E-state index < -0.39 is 47.5 Å². The Morgan fingerprint density at radius 2 is 1.36 bits per heavy atom. The first-order chi connectivity index (χ1) is 21.5. The molecule has 1 heterocycles. The third kappa shape index (κ3) is 10.8. The first kappa shape index (κ1) is 35.4. The Hall–Kier alpha value is -4.05. The van der Waals surface area contributed by atoms with Crippen LogP contribution in [0.1, 0.15) is 65.0 Å². The fourth-order valence-electron chi connectivity index (χ4n) is 5.17. The summed E-state index contributed by atoms with van der Waals surface area (Å²) in [6.45, 7) is 9.73. The molecule has 0 spiro atoms. The van der Waals surface area contributed by atoms with Crippen molar-refractivity contribution < 1.29 is 28.7 Å². The van der Waals surface area contributed by atoms with E-state index in [1.165, 1.54) is 0 Å². The molecule has 0 aliphatic carbocycles. The minimum Gasteiger partial charge on any atom is -0.361 e. The summed E-state index contributed by atoms with van der Waals surface area (Å²) >= 11 is 0. The second-order valence-corrected chi connectivity index (χ2v) is 12.6. The van der Waals surface area contributed by atoms with E-state index in [1.54, 1.807) is 6.92 Å². The number of hydrogen-bond acceptors (Lipinski definition) is 6. The normalized spacial score (nSPS) is 18.9. The van der Waals surface area contributed by atoms with Crippen LogP contribution in [0.2, 0.25) is 0 Å². The van der Waals surface area contributed by atoms with Gasteiger partial charge in [-0.25, -0.2) is 0 Å². The number of epoxide rings is 1. The van der Waals surface area contributed by atoms with Crippen molar-refractivity contribution >= 4 is 29.9 Å². The van der Waals surface area contributed by atoms with Crippen LogP contribution in [0.5, 0.6) is 0 Å². The summed E-state index contributed by atoms with van der Waals surface area (Å²) in [6, 6.07) is 15.3. The lowest BCUT2D eigenvalue weighted by atomic mass is 9.89. The smallest absolute Gasteiger partial charge is 0.243 e. The van der Waals surface area contributed by atoms with Gasteiger partial charge >= 0.3 is 0 Å². The maximum Gasteiger partial charge on any atom is 0.243 e. The highest BCUT2D eigenvalue weighted by molar-refractivity contribution is 5.98. The lowest BCUT2D eigenvalue weighted by Crippen LogP contribution is -2.59. The van der Waals surface area contributed by atoms with Gasteiger partial charge < -0.3 is 26.0 Å². The van der Waals surface area contributed by atoms with E-state index in [1.807, 2.05) is 88.4 Å². The maximum atomic E-state index is 13.8. The Morgan fingerprint density at radius 3 is 1.89 bits per heavy atom. The molecular weight excluding hydrogens is 572 g/mol. The molecule has 1 saturated heterocycles. The molecule has 45 heavy (non-hydrogen) atoms. The molecule has 4 amide bonds. The van der Waals surface area contributed by atoms with Crippen LogP contribution in [0.15, 0.2) is 60.7 Å². The van der Waals surface area contributed by atoms with E-state index in [-0.39, 0.29) is 24.0 Å². The Labute approximate surface area is 266 Å². The Morgan fingerprint density at radius 1 is 0.822 bits per heavy atom. The van der Waals surface area contributed by atoms with E-state index in [2.05, 4.69) is 21.3 Å². The largest absolute Gasteiger partial charge is 0.361 e. The van der Waals surface area contributed by atoms with Crippen molar-refractivity contribution in [3.05, 3.63) is 71.8 Å². The molecule has 0 radical (unpaired) electrons. The van der Waals surface area contributed by atoms with E-state index in [4.69, 9.17) is 4.74 Å². The number of benzene rings is 2. The van der Waals surface area contributed by atoms with Crippen LogP contribution in [0.25, 0.3) is 0 Å². The summed E-state index contributed by atoms with van der Waals surface area (Å²) in [5.74, 6) is -1.80. The third-order valence-corrected chi connectivity index (χ3v) is 8.30. The van der Waals surface area contributed by atoms with Gasteiger partial charge in [0.05, 0.1) is 12.6 Å². The number of ether oxygens (including phenoxy) is 1. The number of ketones is 1. The zero-order valence-corrected chi connectivity index (χ0v) is 27.0. The third-order valence-electron chi connectivity index (χ3n) is 8.30. The Kier molecular flexibility index (Phi) is 13.3. The lowest BCUT2D eigenvalue weighted by molar-refractivity contribution is -0.135. The highest BCUT2D eigenvalue weighted by atomic mass is 16.6. The average Bonchev–Trinajstić information content (AvgIpc) is 3.79. The van der Waals surface area contributed by atoms with Gasteiger partial charge in [0.25, 0.3) is 0 Å². The van der Waals surface area contributed by atoms with Gasteiger partial charge in [0.15, 0.2) is 5.78 Å². The molecule has 244 valence electrons. The van der Waals surface area contributed by atoms with Gasteiger partial charge in [-0.3, -0.25) is 24.0 Å². The molecule has 3 rings (SSSR count). The van der Waals surface area contributed by atoms with Crippen LogP contribution in [0.3, 0.4) is 0 Å². The van der Waals surface area contributed by atoms with Crippen LogP contribution in [0, 0.1) is 11.8 Å². The van der Waals surface area contributed by atoms with Crippen molar-refractivity contribution in [2.75, 3.05) is 6.61 Å². The summed E-state index contributed by atoms with van der Waals surface area (Å²) in [4.78, 5) is 65.5. The van der Waals surface area contributed by atoms with Crippen molar-refractivity contribution in [1.29, 1.82) is 0 Å². The first-order valence-electron chi connectivity index (χ1n) is 15.8.